The van der Waals surface area contributed by atoms with Crippen LogP contribution in [0.5, 0.6) is 0 Å². The third kappa shape index (κ3) is 5.19. The first-order valence-electron chi connectivity index (χ1n) is 17.6. The number of pyridine rings is 1. The fourth-order valence-corrected chi connectivity index (χ4v) is 7.56. The SMILES string of the molecule is c1ccc(-c2cc(-c3ccc(-c4cc5ccc6ccccc6c5c5ccccc45)cc3)nc(-c3ccc(-c4cncc5ccccc45)cc3)n2)cc1. The van der Waals surface area contributed by atoms with E-state index in [1.165, 1.54) is 48.8 Å². The number of nitrogens with zero attached hydrogens (tertiary/aromatic N) is 3. The van der Waals surface area contributed by atoms with Crippen molar-refractivity contribution in [3.8, 4) is 56.2 Å². The van der Waals surface area contributed by atoms with E-state index < -0.39 is 0 Å². The topological polar surface area (TPSA) is 38.7 Å². The Hall–Kier alpha value is -6.97. The first-order valence-corrected chi connectivity index (χ1v) is 17.6. The van der Waals surface area contributed by atoms with Gasteiger partial charge in [0.1, 0.15) is 0 Å². The highest BCUT2D eigenvalue weighted by molar-refractivity contribution is 6.23. The molecule has 3 nitrogen and oxygen atoms in total. The van der Waals surface area contributed by atoms with Crippen LogP contribution >= 0.6 is 0 Å². The van der Waals surface area contributed by atoms with E-state index in [0.717, 1.165) is 44.6 Å². The van der Waals surface area contributed by atoms with E-state index in [1.807, 2.05) is 24.5 Å². The zero-order valence-corrected chi connectivity index (χ0v) is 28.2. The maximum absolute atomic E-state index is 5.15. The van der Waals surface area contributed by atoms with E-state index in [2.05, 4.69) is 169 Å². The van der Waals surface area contributed by atoms with E-state index >= 15 is 0 Å². The predicted octanol–water partition coefficient (Wildman–Crippen LogP) is 12.8. The van der Waals surface area contributed by atoms with E-state index in [1.54, 1.807) is 0 Å². The molecule has 3 heteroatoms. The summed E-state index contributed by atoms with van der Waals surface area (Å²) in [7, 11) is 0. The van der Waals surface area contributed by atoms with Gasteiger partial charge in [-0.15, -0.1) is 0 Å². The number of benzene rings is 8. The van der Waals surface area contributed by atoms with Crippen LogP contribution in [0.15, 0.2) is 188 Å². The van der Waals surface area contributed by atoms with Gasteiger partial charge >= 0.3 is 0 Å². The van der Waals surface area contributed by atoms with Crippen LogP contribution < -0.4 is 0 Å². The number of hydrogen-bond acceptors (Lipinski definition) is 3. The van der Waals surface area contributed by atoms with Crippen LogP contribution in [0.3, 0.4) is 0 Å². The summed E-state index contributed by atoms with van der Waals surface area (Å²) >= 11 is 0. The Balaban J connectivity index is 1.06. The monoisotopic (exact) mass is 661 g/mol. The van der Waals surface area contributed by atoms with Crippen molar-refractivity contribution in [3.63, 3.8) is 0 Å². The second-order valence-corrected chi connectivity index (χ2v) is 13.2. The van der Waals surface area contributed by atoms with Gasteiger partial charge in [-0.25, -0.2) is 9.97 Å². The van der Waals surface area contributed by atoms with Crippen molar-refractivity contribution in [1.29, 1.82) is 0 Å². The Morgan fingerprint density at radius 2 is 0.846 bits per heavy atom. The Bertz CT molecular complexity index is 2930. The highest BCUT2D eigenvalue weighted by Gasteiger charge is 2.14. The van der Waals surface area contributed by atoms with Crippen molar-refractivity contribution in [1.82, 2.24) is 15.0 Å². The molecule has 0 radical (unpaired) electrons. The standard InChI is InChI=1S/C49H31N3/c1-2-11-35(12-3-1)46-29-47(52-49(51-46)37-25-20-34(21-26-37)45-31-50-30-39-13-5-6-14-40(39)45)36-23-18-33(19-24-36)44-28-38-27-22-32-10-4-7-15-41(32)48(38)43-17-9-8-16-42(43)44/h1-31H. The van der Waals surface area contributed by atoms with Crippen molar-refractivity contribution in [2.24, 2.45) is 0 Å². The largest absolute Gasteiger partial charge is 0.263 e. The molecule has 10 aromatic rings. The molecular weight excluding hydrogens is 631 g/mol. The van der Waals surface area contributed by atoms with E-state index in [4.69, 9.17) is 9.97 Å². The number of fused-ring (bicyclic) bond motifs is 6. The molecule has 0 aliphatic carbocycles. The molecule has 52 heavy (non-hydrogen) atoms. The normalized spacial score (nSPS) is 11.5. The van der Waals surface area contributed by atoms with Crippen molar-refractivity contribution in [2.45, 2.75) is 0 Å². The second-order valence-electron chi connectivity index (χ2n) is 13.2. The molecule has 242 valence electrons. The molecule has 2 aromatic heterocycles. The van der Waals surface area contributed by atoms with Crippen molar-refractivity contribution in [2.75, 3.05) is 0 Å². The molecule has 0 fully saturated rings. The highest BCUT2D eigenvalue weighted by atomic mass is 14.9. The van der Waals surface area contributed by atoms with Gasteiger partial charge in [-0.05, 0) is 66.5 Å². The lowest BCUT2D eigenvalue weighted by atomic mass is 9.90. The van der Waals surface area contributed by atoms with Gasteiger partial charge in [0.05, 0.1) is 11.4 Å². The van der Waals surface area contributed by atoms with Crippen LogP contribution in [0.4, 0.5) is 0 Å². The van der Waals surface area contributed by atoms with Crippen molar-refractivity contribution in [3.05, 3.63) is 188 Å². The maximum Gasteiger partial charge on any atom is 0.160 e. The Morgan fingerprint density at radius 1 is 0.308 bits per heavy atom. The summed E-state index contributed by atoms with van der Waals surface area (Å²) in [6, 6.07) is 62.4. The molecular formula is C49H31N3. The van der Waals surface area contributed by atoms with Crippen LogP contribution in [-0.2, 0) is 0 Å². The van der Waals surface area contributed by atoms with Crippen LogP contribution in [0.25, 0.3) is 99.2 Å². The van der Waals surface area contributed by atoms with Gasteiger partial charge in [0.2, 0.25) is 0 Å². The molecule has 8 aromatic carbocycles. The third-order valence-electron chi connectivity index (χ3n) is 10.2. The molecule has 0 bridgehead atoms. The number of rotatable bonds is 5. The zero-order chi connectivity index (χ0) is 34.4. The van der Waals surface area contributed by atoms with Crippen LogP contribution in [0.2, 0.25) is 0 Å². The highest BCUT2D eigenvalue weighted by Crippen LogP contribution is 2.39. The third-order valence-corrected chi connectivity index (χ3v) is 10.2. The van der Waals surface area contributed by atoms with Gasteiger partial charge in [0, 0.05) is 40.0 Å². The fourth-order valence-electron chi connectivity index (χ4n) is 7.56. The summed E-state index contributed by atoms with van der Waals surface area (Å²) < 4.78 is 0. The van der Waals surface area contributed by atoms with Gasteiger partial charge < -0.3 is 0 Å². The van der Waals surface area contributed by atoms with Gasteiger partial charge in [-0.2, -0.15) is 0 Å². The lowest BCUT2D eigenvalue weighted by Gasteiger charge is -2.14. The molecule has 0 spiro atoms. The lowest BCUT2D eigenvalue weighted by Crippen LogP contribution is -1.96. The summed E-state index contributed by atoms with van der Waals surface area (Å²) in [6.07, 6.45) is 3.85. The van der Waals surface area contributed by atoms with E-state index in [-0.39, 0.29) is 0 Å². The molecule has 0 aliphatic rings. The Morgan fingerprint density at radius 3 is 1.60 bits per heavy atom. The minimum Gasteiger partial charge on any atom is -0.263 e. The fraction of sp³-hybridized carbons (Fsp3) is 0. The average molecular weight is 662 g/mol. The van der Waals surface area contributed by atoms with Gasteiger partial charge in [0.25, 0.3) is 0 Å². The van der Waals surface area contributed by atoms with Gasteiger partial charge in [0.15, 0.2) is 5.82 Å². The average Bonchev–Trinajstić information content (AvgIpc) is 3.23. The van der Waals surface area contributed by atoms with Crippen LogP contribution in [-0.4, -0.2) is 15.0 Å². The summed E-state index contributed by atoms with van der Waals surface area (Å²) in [6.45, 7) is 0. The minimum absolute atomic E-state index is 0.691. The number of hydrogen-bond donors (Lipinski definition) is 0. The van der Waals surface area contributed by atoms with Gasteiger partial charge in [-0.3, -0.25) is 4.98 Å². The molecule has 0 aliphatic heterocycles. The molecule has 0 unspecified atom stereocenters. The molecule has 0 saturated heterocycles. The molecule has 2 heterocycles. The molecule has 0 saturated carbocycles. The minimum atomic E-state index is 0.691. The zero-order valence-electron chi connectivity index (χ0n) is 28.2. The Labute approximate surface area is 301 Å². The molecule has 10 rings (SSSR count). The van der Waals surface area contributed by atoms with Crippen LogP contribution in [0, 0.1) is 0 Å². The molecule has 0 atom stereocenters. The summed E-state index contributed by atoms with van der Waals surface area (Å²) in [5, 5.41) is 9.92. The quantitative estimate of drug-likeness (QED) is 0.172. The summed E-state index contributed by atoms with van der Waals surface area (Å²) in [5.74, 6) is 0.691. The first kappa shape index (κ1) is 29.9. The van der Waals surface area contributed by atoms with Crippen molar-refractivity contribution >= 4 is 43.1 Å². The molecule has 0 amide bonds. The van der Waals surface area contributed by atoms with E-state index in [9.17, 15) is 0 Å². The van der Waals surface area contributed by atoms with Crippen LogP contribution in [0.1, 0.15) is 0 Å². The summed E-state index contributed by atoms with van der Waals surface area (Å²) in [4.78, 5) is 14.7. The molecule has 0 N–H and O–H groups in total. The van der Waals surface area contributed by atoms with Crippen molar-refractivity contribution < 1.29 is 0 Å². The predicted molar refractivity (Wildman–Crippen MR) is 217 cm³/mol. The van der Waals surface area contributed by atoms with E-state index in [0.29, 0.717) is 5.82 Å². The second kappa shape index (κ2) is 12.4. The maximum atomic E-state index is 5.15. The lowest BCUT2D eigenvalue weighted by molar-refractivity contribution is 1.18. The smallest absolute Gasteiger partial charge is 0.160 e. The Kier molecular flexibility index (Phi) is 7.14. The number of aromatic nitrogens is 3. The summed E-state index contributed by atoms with van der Waals surface area (Å²) in [5.41, 5.74) is 9.44. The van der Waals surface area contributed by atoms with Gasteiger partial charge in [-0.1, -0.05) is 164 Å². The first-order chi connectivity index (χ1) is 25.8.